The molecule has 3 fully saturated rings. The van der Waals surface area contributed by atoms with Gasteiger partial charge < -0.3 is 48.3 Å². The second-order valence-corrected chi connectivity index (χ2v) is 17.6. The summed E-state index contributed by atoms with van der Waals surface area (Å²) in [5.74, 6) is -5.67. The van der Waals surface area contributed by atoms with E-state index in [1.807, 2.05) is 48.8 Å². The number of ketones is 2. The topological polar surface area (TPSA) is 192 Å². The van der Waals surface area contributed by atoms with Crippen LogP contribution >= 0.6 is 0 Å². The number of esters is 1. The number of ether oxygens (including phenoxy) is 5. The van der Waals surface area contributed by atoms with Gasteiger partial charge in [-0.25, -0.2) is 9.78 Å². The number of unbranched alkanes of at least 4 members (excludes halogenated alkanes) is 1. The second kappa shape index (κ2) is 18.9. The zero-order chi connectivity index (χ0) is 43.6. The summed E-state index contributed by atoms with van der Waals surface area (Å²) >= 11 is 0. The maximum Gasteiger partial charge on any atom is 0.410 e. The fourth-order valence-corrected chi connectivity index (χ4v) is 9.48. The van der Waals surface area contributed by atoms with Crippen LogP contribution < -0.4 is 0 Å². The highest BCUT2D eigenvalue weighted by Gasteiger charge is 2.62. The number of amides is 1. The fourth-order valence-electron chi connectivity index (χ4n) is 9.48. The zero-order valence-electron chi connectivity index (χ0n) is 36.4. The Balaban J connectivity index is 1.46. The van der Waals surface area contributed by atoms with Crippen molar-refractivity contribution in [2.75, 3.05) is 27.7 Å². The summed E-state index contributed by atoms with van der Waals surface area (Å²) in [6.45, 7) is 14.0. The minimum absolute atomic E-state index is 0.0767. The van der Waals surface area contributed by atoms with Crippen molar-refractivity contribution in [1.82, 2.24) is 24.3 Å². The lowest BCUT2D eigenvalue weighted by Crippen LogP contribution is -2.61. The molecule has 1 amide bonds. The molecule has 3 saturated heterocycles. The molecule has 0 radical (unpaired) electrons. The van der Waals surface area contributed by atoms with Crippen LogP contribution in [-0.2, 0) is 44.6 Å². The third kappa shape index (κ3) is 9.73. The maximum absolute atomic E-state index is 14.7. The van der Waals surface area contributed by atoms with E-state index in [9.17, 15) is 29.4 Å². The van der Waals surface area contributed by atoms with E-state index < -0.39 is 89.5 Å². The van der Waals surface area contributed by atoms with Gasteiger partial charge in [-0.2, -0.15) is 0 Å². The first-order valence-electron chi connectivity index (χ1n) is 20.8. The van der Waals surface area contributed by atoms with Gasteiger partial charge in [0.25, 0.3) is 0 Å². The number of cyclic esters (lactones) is 1. The van der Waals surface area contributed by atoms with E-state index in [0.29, 0.717) is 25.8 Å². The number of aromatic nitrogens is 3. The van der Waals surface area contributed by atoms with E-state index in [-0.39, 0.29) is 30.9 Å². The van der Waals surface area contributed by atoms with Crippen molar-refractivity contribution in [3.05, 3.63) is 37.1 Å². The molecule has 0 aliphatic carbocycles. The Kier molecular flexibility index (Phi) is 14.8. The highest BCUT2D eigenvalue weighted by Crippen LogP contribution is 2.43. The Labute approximate surface area is 347 Å². The number of fused-ring (bicyclic) bond motifs is 1. The molecule has 0 spiro atoms. The number of aryl methyl sites for hydroxylation is 1. The number of carbonyl (C=O) groups is 4. The van der Waals surface area contributed by atoms with Gasteiger partial charge in [0.1, 0.15) is 17.8 Å². The normalized spacial score (nSPS) is 36.8. The number of pyridine rings is 1. The first kappa shape index (κ1) is 46.3. The molecule has 3 aliphatic rings. The van der Waals surface area contributed by atoms with Crippen LogP contribution in [0.25, 0.3) is 11.3 Å². The largest absolute Gasteiger partial charge is 0.455 e. The molecule has 328 valence electrons. The van der Waals surface area contributed by atoms with Gasteiger partial charge in [0.2, 0.25) is 0 Å². The summed E-state index contributed by atoms with van der Waals surface area (Å²) in [6, 6.07) is 2.51. The van der Waals surface area contributed by atoms with Crippen molar-refractivity contribution in [2.24, 2.45) is 23.7 Å². The highest BCUT2D eigenvalue weighted by atomic mass is 16.7. The van der Waals surface area contributed by atoms with Crippen molar-refractivity contribution in [2.45, 2.75) is 148 Å². The molecule has 5 heterocycles. The maximum atomic E-state index is 14.7. The molecule has 3 aliphatic heterocycles. The van der Waals surface area contributed by atoms with Crippen molar-refractivity contribution in [3.63, 3.8) is 0 Å². The molecule has 16 nitrogen and oxygen atoms in total. The number of hydrogen-bond acceptors (Lipinski definition) is 14. The average Bonchev–Trinajstić information content (AvgIpc) is 3.78. The number of aliphatic hydroxyl groups excluding tert-OH is 2. The Morgan fingerprint density at radius 3 is 2.36 bits per heavy atom. The smallest absolute Gasteiger partial charge is 0.410 e. The SMILES string of the molecule is CO[C@]1(C)C[C@@H](C)C(=O)[C@H](C)[C@H]2N(CCCCn3cnc(-c4cccnc4)c3)C(=O)O[C@]2(C)[C@@H](C(C)O)OC(=O)[C@H](C)C(=O)[C@H](C)[C@H]1O[C@@H]1O[C@H](C)C[C@H](N(C)C)[C@H]1O. The summed E-state index contributed by atoms with van der Waals surface area (Å²) in [5, 5.41) is 22.6. The van der Waals surface area contributed by atoms with Gasteiger partial charge >= 0.3 is 12.1 Å². The summed E-state index contributed by atoms with van der Waals surface area (Å²) in [4.78, 5) is 69.0. The Morgan fingerprint density at radius 1 is 1.03 bits per heavy atom. The Bertz CT molecular complexity index is 1770. The number of methoxy groups -OCH3 is 1. The summed E-state index contributed by atoms with van der Waals surface area (Å²) in [7, 11) is 5.18. The van der Waals surface area contributed by atoms with Crippen LogP contribution in [0.15, 0.2) is 37.1 Å². The van der Waals surface area contributed by atoms with E-state index in [4.69, 9.17) is 23.7 Å². The van der Waals surface area contributed by atoms with E-state index >= 15 is 0 Å². The Hall–Kier alpha value is -3.80. The van der Waals surface area contributed by atoms with Crippen molar-refractivity contribution < 1.29 is 53.1 Å². The molecule has 59 heavy (non-hydrogen) atoms. The molecule has 5 rings (SSSR count). The average molecular weight is 828 g/mol. The molecule has 2 aromatic heterocycles. The highest BCUT2D eigenvalue weighted by molar-refractivity contribution is 6.00. The van der Waals surface area contributed by atoms with Gasteiger partial charge in [-0.05, 0) is 86.5 Å². The minimum Gasteiger partial charge on any atom is -0.455 e. The Morgan fingerprint density at radius 2 is 1.73 bits per heavy atom. The summed E-state index contributed by atoms with van der Waals surface area (Å²) in [6.07, 6.45) is 1.81. The third-order valence-corrected chi connectivity index (χ3v) is 12.8. The predicted molar refractivity (Wildman–Crippen MR) is 216 cm³/mol. The number of rotatable bonds is 11. The quantitative estimate of drug-likeness (QED) is 0.188. The summed E-state index contributed by atoms with van der Waals surface area (Å²) in [5.41, 5.74) is -1.31. The van der Waals surface area contributed by atoms with Gasteiger partial charge in [-0.15, -0.1) is 0 Å². The first-order chi connectivity index (χ1) is 27.7. The molecule has 0 aromatic carbocycles. The van der Waals surface area contributed by atoms with Gasteiger partial charge in [0.15, 0.2) is 23.8 Å². The lowest BCUT2D eigenvalue weighted by Gasteiger charge is -2.47. The molecule has 2 N–H and O–H groups in total. The number of carbonyl (C=O) groups excluding carboxylic acids is 4. The number of imidazole rings is 1. The minimum atomic E-state index is -1.68. The molecule has 0 saturated carbocycles. The number of nitrogens with zero attached hydrogens (tertiary/aromatic N) is 5. The monoisotopic (exact) mass is 827 g/mol. The number of hydrogen-bond donors (Lipinski definition) is 2. The van der Waals surface area contributed by atoms with Crippen LogP contribution in [0, 0.1) is 23.7 Å². The van der Waals surface area contributed by atoms with Gasteiger partial charge in [-0.1, -0.05) is 20.8 Å². The molecule has 2 aromatic rings. The molecule has 16 heteroatoms. The van der Waals surface area contributed by atoms with Crippen LogP contribution in [0.3, 0.4) is 0 Å². The molecule has 0 bridgehead atoms. The zero-order valence-corrected chi connectivity index (χ0v) is 36.4. The van der Waals surface area contributed by atoms with Crippen molar-refractivity contribution in [3.8, 4) is 11.3 Å². The van der Waals surface area contributed by atoms with Crippen molar-refractivity contribution in [1.29, 1.82) is 0 Å². The molecule has 14 atom stereocenters. The second-order valence-electron chi connectivity index (χ2n) is 17.6. The molecular formula is C43H65N5O11. The van der Waals surface area contributed by atoms with E-state index in [1.54, 1.807) is 53.3 Å². The van der Waals surface area contributed by atoms with Crippen molar-refractivity contribution >= 4 is 23.6 Å². The fraction of sp³-hybridized carbons (Fsp3) is 0.721. The van der Waals surface area contributed by atoms with Crippen LogP contribution in [0.4, 0.5) is 4.79 Å². The molecular weight excluding hydrogens is 762 g/mol. The number of aliphatic hydroxyl groups is 2. The predicted octanol–water partition coefficient (Wildman–Crippen LogP) is 3.90. The van der Waals surface area contributed by atoms with Crippen LogP contribution in [0.1, 0.15) is 81.1 Å². The van der Waals surface area contributed by atoms with E-state index in [1.165, 1.54) is 25.9 Å². The van der Waals surface area contributed by atoms with E-state index in [0.717, 1.165) is 11.3 Å². The van der Waals surface area contributed by atoms with Crippen LogP contribution in [0.2, 0.25) is 0 Å². The molecule has 1 unspecified atom stereocenters. The lowest BCUT2D eigenvalue weighted by atomic mass is 9.73. The van der Waals surface area contributed by atoms with Crippen LogP contribution in [0.5, 0.6) is 0 Å². The lowest BCUT2D eigenvalue weighted by molar-refractivity contribution is -0.295. The van der Waals surface area contributed by atoms with Crippen LogP contribution in [-0.4, -0.2) is 146 Å². The first-order valence-corrected chi connectivity index (χ1v) is 20.8. The number of Topliss-reactive ketones (excluding diaryl/α,β-unsaturated/α-hetero) is 2. The summed E-state index contributed by atoms with van der Waals surface area (Å²) < 4.78 is 32.9. The van der Waals surface area contributed by atoms with E-state index in [2.05, 4.69) is 9.97 Å². The van der Waals surface area contributed by atoms with Gasteiger partial charge in [0, 0.05) is 68.1 Å². The standard InChI is InChI=1S/C43H65N5O11/c1-24-20-42(7,55-11)37(58-40-35(52)32(46(9)10)19-25(2)56-40)27(4)34(51)28(5)39(53)57-38(29(6)49)43(8)36(26(3)33(24)50)48(41(54)59-43)18-13-12-17-47-22-31(45-23-47)30-15-14-16-44-21-30/h14-16,21-29,32,35-38,40,49,52H,12-13,17-20H2,1-11H3/t24-,25-,26+,27+,28-,29?,32+,35-,36-,37-,38-,40+,42-,43+/m1/s1. The number of likely N-dealkylation sites (N-methyl/N-ethyl adjacent to an activating group) is 1. The third-order valence-electron chi connectivity index (χ3n) is 12.8. The van der Waals surface area contributed by atoms with Gasteiger partial charge in [-0.3, -0.25) is 19.4 Å². The van der Waals surface area contributed by atoms with Gasteiger partial charge in [0.05, 0.1) is 42.0 Å².